The third-order valence-corrected chi connectivity index (χ3v) is 6.90. The van der Waals surface area contributed by atoms with Crippen LogP contribution in [0.25, 0.3) is 6.08 Å². The van der Waals surface area contributed by atoms with Crippen LogP contribution in [0.1, 0.15) is 5.56 Å². The minimum Gasteiger partial charge on any atom is -0.323 e. The lowest BCUT2D eigenvalue weighted by atomic mass is 10.2. The van der Waals surface area contributed by atoms with Crippen molar-refractivity contribution in [1.82, 2.24) is 9.21 Å². The molecule has 0 unspecified atom stereocenters. The molecule has 0 radical (unpaired) electrons. The molecule has 1 fully saturated rings. The summed E-state index contributed by atoms with van der Waals surface area (Å²) in [5.74, 6) is -0.283. The lowest BCUT2D eigenvalue weighted by molar-refractivity contribution is -0.111. The van der Waals surface area contributed by atoms with Crippen molar-refractivity contribution in [2.24, 2.45) is 0 Å². The number of carbonyl (C=O) groups is 1. The molecule has 1 aliphatic rings. The Kier molecular flexibility index (Phi) is 6.66. The predicted molar refractivity (Wildman–Crippen MR) is 115 cm³/mol. The summed E-state index contributed by atoms with van der Waals surface area (Å²) in [6.07, 6.45) is 3.16. The number of carbonyl (C=O) groups excluding carboxylic acids is 1. The van der Waals surface area contributed by atoms with Gasteiger partial charge in [-0.1, -0.05) is 28.1 Å². The van der Waals surface area contributed by atoms with Gasteiger partial charge in [-0.05, 0) is 55.1 Å². The van der Waals surface area contributed by atoms with Gasteiger partial charge in [0.05, 0.1) is 4.90 Å². The van der Waals surface area contributed by atoms with Crippen molar-refractivity contribution in [1.29, 1.82) is 0 Å². The molecular formula is C20H22BrN3O3S. The molecule has 28 heavy (non-hydrogen) atoms. The van der Waals surface area contributed by atoms with Crippen LogP contribution in [-0.2, 0) is 14.8 Å². The summed E-state index contributed by atoms with van der Waals surface area (Å²) in [7, 11) is -1.53. The Hall–Kier alpha value is -2.00. The van der Waals surface area contributed by atoms with Crippen molar-refractivity contribution < 1.29 is 13.2 Å². The molecule has 148 valence electrons. The van der Waals surface area contributed by atoms with Crippen molar-refractivity contribution in [2.45, 2.75) is 4.90 Å². The third-order valence-electron chi connectivity index (χ3n) is 4.50. The van der Waals surface area contributed by atoms with Crippen molar-refractivity contribution in [2.75, 3.05) is 38.5 Å². The van der Waals surface area contributed by atoms with Crippen LogP contribution in [0.3, 0.4) is 0 Å². The van der Waals surface area contributed by atoms with E-state index in [0.717, 1.165) is 23.1 Å². The number of nitrogens with zero attached hydrogens (tertiary/aromatic N) is 2. The van der Waals surface area contributed by atoms with E-state index in [1.807, 2.05) is 31.3 Å². The lowest BCUT2D eigenvalue weighted by Gasteiger charge is -2.31. The van der Waals surface area contributed by atoms with Crippen molar-refractivity contribution in [3.8, 4) is 0 Å². The van der Waals surface area contributed by atoms with Gasteiger partial charge in [-0.2, -0.15) is 4.31 Å². The monoisotopic (exact) mass is 463 g/mol. The molecule has 0 atom stereocenters. The lowest BCUT2D eigenvalue weighted by Crippen LogP contribution is -2.46. The summed E-state index contributed by atoms with van der Waals surface area (Å²) in [6.45, 7) is 2.41. The van der Waals surface area contributed by atoms with Gasteiger partial charge in [0.25, 0.3) is 0 Å². The minimum atomic E-state index is -3.51. The molecule has 0 aliphatic carbocycles. The highest BCUT2D eigenvalue weighted by Crippen LogP contribution is 2.20. The van der Waals surface area contributed by atoms with Crippen LogP contribution < -0.4 is 5.32 Å². The molecule has 0 spiro atoms. The SMILES string of the molecule is CN1CCN(S(=O)(=O)c2ccc(NC(=O)/C=C/c3cccc(Br)c3)cc2)CC1. The first-order valence-corrected chi connectivity index (χ1v) is 11.1. The summed E-state index contributed by atoms with van der Waals surface area (Å²) >= 11 is 3.39. The first kappa shape index (κ1) is 20.7. The number of sulfonamides is 1. The van der Waals surface area contributed by atoms with Gasteiger partial charge in [0.2, 0.25) is 15.9 Å². The Morgan fingerprint density at radius 1 is 1.07 bits per heavy atom. The molecule has 2 aromatic carbocycles. The third kappa shape index (κ3) is 5.29. The number of benzene rings is 2. The molecule has 1 aliphatic heterocycles. The molecule has 1 amide bonds. The molecular weight excluding hydrogens is 442 g/mol. The number of halogens is 1. The number of anilines is 1. The Labute approximate surface area is 174 Å². The number of hydrogen-bond acceptors (Lipinski definition) is 4. The fraction of sp³-hybridized carbons (Fsp3) is 0.250. The summed E-state index contributed by atoms with van der Waals surface area (Å²) in [4.78, 5) is 14.4. The summed E-state index contributed by atoms with van der Waals surface area (Å²) in [6, 6.07) is 13.9. The second-order valence-corrected chi connectivity index (χ2v) is 9.46. The Bertz CT molecular complexity index is 966. The number of nitrogens with one attached hydrogen (secondary N) is 1. The highest BCUT2D eigenvalue weighted by Gasteiger charge is 2.27. The second kappa shape index (κ2) is 9.00. The molecule has 2 aromatic rings. The van der Waals surface area contributed by atoms with Crippen LogP contribution in [0.15, 0.2) is 64.0 Å². The van der Waals surface area contributed by atoms with Gasteiger partial charge in [0.15, 0.2) is 0 Å². The number of rotatable bonds is 5. The Balaban J connectivity index is 1.63. The number of piperazine rings is 1. The maximum atomic E-state index is 12.7. The standard InChI is InChI=1S/C20H22BrN3O3S/c1-23-11-13-24(14-12-23)28(26,27)19-8-6-18(7-9-19)22-20(25)10-5-16-3-2-4-17(21)15-16/h2-10,15H,11-14H2,1H3,(H,22,25)/b10-5+. The summed E-state index contributed by atoms with van der Waals surface area (Å²) in [5, 5.41) is 2.74. The Morgan fingerprint density at radius 3 is 2.39 bits per heavy atom. The van der Waals surface area contributed by atoms with Gasteiger partial charge in [-0.3, -0.25) is 4.79 Å². The van der Waals surface area contributed by atoms with E-state index in [1.165, 1.54) is 22.5 Å². The normalized spacial score (nSPS) is 16.4. The van der Waals surface area contributed by atoms with E-state index in [4.69, 9.17) is 0 Å². The molecule has 1 heterocycles. The van der Waals surface area contributed by atoms with Crippen LogP contribution in [0.2, 0.25) is 0 Å². The first-order valence-electron chi connectivity index (χ1n) is 8.88. The average Bonchev–Trinajstić information content (AvgIpc) is 2.67. The molecule has 3 rings (SSSR count). The predicted octanol–water partition coefficient (Wildman–Crippen LogP) is 3.04. The molecule has 6 nitrogen and oxygen atoms in total. The van der Waals surface area contributed by atoms with Gasteiger partial charge in [0, 0.05) is 42.4 Å². The van der Waals surface area contributed by atoms with Gasteiger partial charge >= 0.3 is 0 Å². The average molecular weight is 464 g/mol. The maximum absolute atomic E-state index is 12.7. The van der Waals surface area contributed by atoms with Gasteiger partial charge in [0.1, 0.15) is 0 Å². The molecule has 1 saturated heterocycles. The van der Waals surface area contributed by atoms with Crippen LogP contribution in [0, 0.1) is 0 Å². The fourth-order valence-electron chi connectivity index (χ4n) is 2.85. The summed E-state index contributed by atoms with van der Waals surface area (Å²) < 4.78 is 27.9. The number of amides is 1. The zero-order valence-electron chi connectivity index (χ0n) is 15.5. The molecule has 0 bridgehead atoms. The van der Waals surface area contributed by atoms with Crippen LogP contribution in [-0.4, -0.2) is 56.8 Å². The van der Waals surface area contributed by atoms with E-state index < -0.39 is 10.0 Å². The molecule has 8 heteroatoms. The van der Waals surface area contributed by atoms with Crippen LogP contribution >= 0.6 is 15.9 Å². The zero-order chi connectivity index (χ0) is 20.1. The first-order chi connectivity index (χ1) is 13.3. The van der Waals surface area contributed by atoms with Crippen LogP contribution in [0.5, 0.6) is 0 Å². The number of hydrogen-bond donors (Lipinski definition) is 1. The molecule has 0 saturated carbocycles. The molecule has 0 aromatic heterocycles. The minimum absolute atomic E-state index is 0.236. The van der Waals surface area contributed by atoms with Crippen molar-refractivity contribution in [3.63, 3.8) is 0 Å². The quantitative estimate of drug-likeness (QED) is 0.691. The van der Waals surface area contributed by atoms with Gasteiger partial charge in [-0.25, -0.2) is 8.42 Å². The van der Waals surface area contributed by atoms with E-state index >= 15 is 0 Å². The van der Waals surface area contributed by atoms with Gasteiger partial charge in [-0.15, -0.1) is 0 Å². The smallest absolute Gasteiger partial charge is 0.248 e. The number of likely N-dealkylation sites (N-methyl/N-ethyl adjacent to an activating group) is 1. The topological polar surface area (TPSA) is 69.7 Å². The fourth-order valence-corrected chi connectivity index (χ4v) is 4.69. The highest BCUT2D eigenvalue weighted by molar-refractivity contribution is 9.10. The van der Waals surface area contributed by atoms with E-state index in [1.54, 1.807) is 18.2 Å². The summed E-state index contributed by atoms with van der Waals surface area (Å²) in [5.41, 5.74) is 1.44. The van der Waals surface area contributed by atoms with Crippen molar-refractivity contribution in [3.05, 3.63) is 64.6 Å². The maximum Gasteiger partial charge on any atom is 0.248 e. The van der Waals surface area contributed by atoms with E-state index in [-0.39, 0.29) is 10.8 Å². The van der Waals surface area contributed by atoms with Crippen molar-refractivity contribution >= 4 is 43.6 Å². The van der Waals surface area contributed by atoms with E-state index in [9.17, 15) is 13.2 Å². The highest BCUT2D eigenvalue weighted by atomic mass is 79.9. The largest absolute Gasteiger partial charge is 0.323 e. The van der Waals surface area contributed by atoms with Gasteiger partial charge < -0.3 is 10.2 Å². The van der Waals surface area contributed by atoms with E-state index in [2.05, 4.69) is 26.1 Å². The second-order valence-electron chi connectivity index (χ2n) is 6.61. The van der Waals surface area contributed by atoms with Crippen LogP contribution in [0.4, 0.5) is 5.69 Å². The Morgan fingerprint density at radius 2 is 1.75 bits per heavy atom. The van der Waals surface area contributed by atoms with E-state index in [0.29, 0.717) is 18.8 Å². The zero-order valence-corrected chi connectivity index (χ0v) is 17.9. The molecule has 1 N–H and O–H groups in total.